The third-order valence-electron chi connectivity index (χ3n) is 4.08. The van der Waals surface area contributed by atoms with Crippen molar-refractivity contribution in [3.05, 3.63) is 24.3 Å². The van der Waals surface area contributed by atoms with Gasteiger partial charge >= 0.3 is 5.97 Å². The van der Waals surface area contributed by atoms with Crippen LogP contribution in [0, 0.1) is 5.92 Å². The van der Waals surface area contributed by atoms with Gasteiger partial charge in [-0.05, 0) is 31.9 Å². The third kappa shape index (κ3) is 3.28. The fraction of sp³-hybridized carbons (Fsp3) is 0.438. The second-order valence-corrected chi connectivity index (χ2v) is 5.71. The molecule has 2 N–H and O–H groups in total. The third-order valence-corrected chi connectivity index (χ3v) is 4.08. The number of hydrogen-bond acceptors (Lipinski definition) is 6. The molecule has 0 bridgehead atoms. The van der Waals surface area contributed by atoms with Crippen LogP contribution in [0.1, 0.15) is 19.8 Å². The number of para-hydroxylation sites is 2. The van der Waals surface area contributed by atoms with Crippen molar-refractivity contribution in [3.8, 4) is 0 Å². The zero-order chi connectivity index (χ0) is 16.4. The van der Waals surface area contributed by atoms with Gasteiger partial charge in [0.15, 0.2) is 11.7 Å². The van der Waals surface area contributed by atoms with Crippen molar-refractivity contribution < 1.29 is 18.7 Å². The van der Waals surface area contributed by atoms with Gasteiger partial charge in [-0.25, -0.2) is 0 Å². The molecule has 0 aliphatic carbocycles. The van der Waals surface area contributed by atoms with E-state index in [4.69, 9.17) is 14.9 Å². The van der Waals surface area contributed by atoms with Crippen molar-refractivity contribution in [3.63, 3.8) is 0 Å². The molecule has 1 saturated heterocycles. The summed E-state index contributed by atoms with van der Waals surface area (Å²) in [6, 6.07) is 8.17. The molecule has 1 aromatic heterocycles. The molecule has 1 unspecified atom stereocenters. The molecule has 2 aromatic rings. The van der Waals surface area contributed by atoms with E-state index in [0.29, 0.717) is 31.9 Å². The highest BCUT2D eigenvalue weighted by Gasteiger charge is 2.29. The monoisotopic (exact) mass is 317 g/mol. The number of primary amides is 1. The van der Waals surface area contributed by atoms with Crippen LogP contribution in [0.2, 0.25) is 0 Å². The van der Waals surface area contributed by atoms with Crippen molar-refractivity contribution in [1.82, 2.24) is 4.98 Å². The van der Waals surface area contributed by atoms with Crippen molar-refractivity contribution in [2.45, 2.75) is 25.9 Å². The number of nitrogens with two attached hydrogens (primary N) is 1. The SMILES string of the molecule is CC(OC(=O)C1CCN(c2nc3ccccc3o2)CC1)C(N)=O. The normalized spacial score (nSPS) is 17.2. The maximum atomic E-state index is 12.0. The second kappa shape index (κ2) is 6.28. The fourth-order valence-electron chi connectivity index (χ4n) is 2.63. The van der Waals surface area contributed by atoms with Gasteiger partial charge in [0, 0.05) is 13.1 Å². The van der Waals surface area contributed by atoms with E-state index < -0.39 is 12.0 Å². The summed E-state index contributed by atoms with van der Waals surface area (Å²) >= 11 is 0. The van der Waals surface area contributed by atoms with Crippen LogP contribution in [0.15, 0.2) is 28.7 Å². The molecule has 1 fully saturated rings. The summed E-state index contributed by atoms with van der Waals surface area (Å²) in [7, 11) is 0. The van der Waals surface area contributed by atoms with Crippen molar-refractivity contribution in [2.24, 2.45) is 11.7 Å². The molecule has 0 spiro atoms. The van der Waals surface area contributed by atoms with Crippen LogP contribution in [0.3, 0.4) is 0 Å². The van der Waals surface area contributed by atoms with Gasteiger partial charge < -0.3 is 19.8 Å². The Morgan fingerprint density at radius 3 is 2.70 bits per heavy atom. The zero-order valence-corrected chi connectivity index (χ0v) is 12.9. The Morgan fingerprint density at radius 1 is 1.35 bits per heavy atom. The average Bonchev–Trinajstić information content (AvgIpc) is 2.98. The molecule has 7 nitrogen and oxygen atoms in total. The van der Waals surface area contributed by atoms with Gasteiger partial charge in [-0.15, -0.1) is 0 Å². The second-order valence-electron chi connectivity index (χ2n) is 5.71. The number of oxazole rings is 1. The lowest BCUT2D eigenvalue weighted by Gasteiger charge is -2.30. The first-order chi connectivity index (χ1) is 11.0. The highest BCUT2D eigenvalue weighted by molar-refractivity contribution is 5.82. The number of nitrogens with zero attached hydrogens (tertiary/aromatic N) is 2. The van der Waals surface area contributed by atoms with Crippen LogP contribution >= 0.6 is 0 Å². The topological polar surface area (TPSA) is 98.7 Å². The Bertz CT molecular complexity index is 686. The zero-order valence-electron chi connectivity index (χ0n) is 12.9. The summed E-state index contributed by atoms with van der Waals surface area (Å²) in [6.07, 6.45) is 0.365. The van der Waals surface area contributed by atoms with Crippen molar-refractivity contribution >= 4 is 29.0 Å². The van der Waals surface area contributed by atoms with Gasteiger partial charge in [0.05, 0.1) is 5.92 Å². The number of ether oxygens (including phenoxy) is 1. The van der Waals surface area contributed by atoms with Crippen LogP contribution in [0.5, 0.6) is 0 Å². The fourth-order valence-corrected chi connectivity index (χ4v) is 2.63. The largest absolute Gasteiger partial charge is 0.452 e. The molecule has 1 aromatic carbocycles. The predicted molar refractivity (Wildman–Crippen MR) is 83.7 cm³/mol. The van der Waals surface area contributed by atoms with E-state index in [1.165, 1.54) is 6.92 Å². The molecule has 122 valence electrons. The van der Waals surface area contributed by atoms with E-state index in [0.717, 1.165) is 11.1 Å². The number of hydrogen-bond donors (Lipinski definition) is 1. The lowest BCUT2D eigenvalue weighted by molar-refractivity contribution is -0.158. The first kappa shape index (κ1) is 15.3. The number of fused-ring (bicyclic) bond motifs is 1. The molecule has 3 rings (SSSR count). The van der Waals surface area contributed by atoms with Crippen LogP contribution in [0.25, 0.3) is 11.1 Å². The Kier molecular flexibility index (Phi) is 4.18. The van der Waals surface area contributed by atoms with Gasteiger partial charge in [-0.2, -0.15) is 4.98 Å². The number of benzene rings is 1. The maximum absolute atomic E-state index is 12.0. The first-order valence-corrected chi connectivity index (χ1v) is 7.65. The number of aromatic nitrogens is 1. The van der Waals surface area contributed by atoms with Gasteiger partial charge in [0.2, 0.25) is 0 Å². The number of esters is 1. The number of carbonyl (C=O) groups excluding carboxylic acids is 2. The quantitative estimate of drug-likeness (QED) is 0.857. The minimum absolute atomic E-state index is 0.225. The van der Waals surface area contributed by atoms with E-state index in [1.54, 1.807) is 0 Å². The highest BCUT2D eigenvalue weighted by Crippen LogP contribution is 2.26. The summed E-state index contributed by atoms with van der Waals surface area (Å²) in [4.78, 5) is 29.4. The molecule has 7 heteroatoms. The maximum Gasteiger partial charge on any atom is 0.309 e. The molecule has 2 heterocycles. The highest BCUT2D eigenvalue weighted by atomic mass is 16.5. The van der Waals surface area contributed by atoms with Crippen LogP contribution < -0.4 is 10.6 Å². The minimum atomic E-state index is -0.891. The van der Waals surface area contributed by atoms with Crippen LogP contribution in [-0.2, 0) is 14.3 Å². The van der Waals surface area contributed by atoms with Crippen molar-refractivity contribution in [1.29, 1.82) is 0 Å². The van der Waals surface area contributed by atoms with Gasteiger partial charge in [0.1, 0.15) is 5.52 Å². The van der Waals surface area contributed by atoms with Crippen LogP contribution in [-0.4, -0.2) is 36.1 Å². The predicted octanol–water partition coefficient (Wildman–Crippen LogP) is 1.46. The van der Waals surface area contributed by atoms with Crippen molar-refractivity contribution in [2.75, 3.05) is 18.0 Å². The summed E-state index contributed by atoms with van der Waals surface area (Å²) in [5, 5.41) is 0. The molecule has 1 aliphatic rings. The summed E-state index contributed by atoms with van der Waals surface area (Å²) in [5.41, 5.74) is 6.67. The number of anilines is 1. The molecule has 1 atom stereocenters. The molecular formula is C16H19N3O4. The van der Waals surface area contributed by atoms with Gasteiger partial charge in [0.25, 0.3) is 11.9 Å². The molecule has 1 aliphatic heterocycles. The molecule has 0 radical (unpaired) electrons. The Labute approximate surface area is 133 Å². The lowest BCUT2D eigenvalue weighted by atomic mass is 9.97. The minimum Gasteiger partial charge on any atom is -0.452 e. The van der Waals surface area contributed by atoms with Crippen LogP contribution in [0.4, 0.5) is 6.01 Å². The first-order valence-electron chi connectivity index (χ1n) is 7.65. The Balaban J connectivity index is 1.59. The van der Waals surface area contributed by atoms with E-state index in [2.05, 4.69) is 4.98 Å². The van der Waals surface area contributed by atoms with E-state index >= 15 is 0 Å². The average molecular weight is 317 g/mol. The number of amides is 1. The Hall–Kier alpha value is -2.57. The summed E-state index contributed by atoms with van der Waals surface area (Å²) in [5.74, 6) is -1.23. The Morgan fingerprint density at radius 2 is 2.04 bits per heavy atom. The van der Waals surface area contributed by atoms with E-state index in [-0.39, 0.29) is 11.9 Å². The van der Waals surface area contributed by atoms with E-state index in [1.807, 2.05) is 29.2 Å². The molecule has 1 amide bonds. The standard InChI is InChI=1S/C16H19N3O4/c1-10(14(17)20)22-15(21)11-6-8-19(9-7-11)16-18-12-4-2-3-5-13(12)23-16/h2-5,10-11H,6-9H2,1H3,(H2,17,20). The summed E-state index contributed by atoms with van der Waals surface area (Å²) < 4.78 is 10.8. The van der Waals surface area contributed by atoms with Gasteiger partial charge in [-0.3, -0.25) is 9.59 Å². The lowest BCUT2D eigenvalue weighted by Crippen LogP contribution is -2.39. The summed E-state index contributed by atoms with van der Waals surface area (Å²) in [6.45, 7) is 2.78. The number of rotatable bonds is 4. The molecule has 0 saturated carbocycles. The van der Waals surface area contributed by atoms with Gasteiger partial charge in [-0.1, -0.05) is 12.1 Å². The molecular weight excluding hydrogens is 298 g/mol. The van der Waals surface area contributed by atoms with E-state index in [9.17, 15) is 9.59 Å². The molecule has 23 heavy (non-hydrogen) atoms. The number of carbonyl (C=O) groups is 2. The smallest absolute Gasteiger partial charge is 0.309 e. The number of piperidine rings is 1.